The molecule has 1 aromatic carbocycles. The maximum atomic E-state index is 3.78. The highest BCUT2D eigenvalue weighted by Gasteiger charge is 2.11. The summed E-state index contributed by atoms with van der Waals surface area (Å²) in [6.45, 7) is 3.78. The highest BCUT2D eigenvalue weighted by Crippen LogP contribution is 2.31. The fourth-order valence-electron chi connectivity index (χ4n) is 1.27. The average molecular weight is 161 g/mol. The lowest BCUT2D eigenvalue weighted by Gasteiger charge is -2.01. The van der Waals surface area contributed by atoms with Gasteiger partial charge in [0.1, 0.15) is 5.82 Å². The van der Waals surface area contributed by atoms with Crippen LogP contribution in [0.1, 0.15) is 0 Å². The molecule has 1 aliphatic heterocycles. The van der Waals surface area contributed by atoms with Gasteiger partial charge < -0.3 is 16.0 Å². The molecule has 1 aliphatic rings. The minimum absolute atomic E-state index is 0.832. The third kappa shape index (κ3) is 0.993. The van der Waals surface area contributed by atoms with Crippen molar-refractivity contribution in [3.63, 3.8) is 0 Å². The zero-order valence-corrected chi connectivity index (χ0v) is 6.94. The van der Waals surface area contributed by atoms with Crippen molar-refractivity contribution in [2.75, 3.05) is 23.0 Å². The van der Waals surface area contributed by atoms with E-state index in [9.17, 15) is 0 Å². The zero-order chi connectivity index (χ0) is 8.55. The maximum absolute atomic E-state index is 3.78. The van der Waals surface area contributed by atoms with Crippen LogP contribution >= 0.6 is 0 Å². The molecule has 0 spiro atoms. The normalized spacial score (nSPS) is 13.2. The van der Waals surface area contributed by atoms with Gasteiger partial charge in [0, 0.05) is 12.7 Å². The van der Waals surface area contributed by atoms with E-state index in [0.29, 0.717) is 0 Å². The van der Waals surface area contributed by atoms with E-state index in [-0.39, 0.29) is 0 Å². The first-order chi connectivity index (χ1) is 5.79. The SMILES string of the molecule is C=C1Nc2ccc(NC)cc2N1. The van der Waals surface area contributed by atoms with Crippen molar-refractivity contribution < 1.29 is 0 Å². The summed E-state index contributed by atoms with van der Waals surface area (Å²) in [6.07, 6.45) is 0. The van der Waals surface area contributed by atoms with Gasteiger partial charge >= 0.3 is 0 Å². The van der Waals surface area contributed by atoms with Gasteiger partial charge in [0.25, 0.3) is 0 Å². The Morgan fingerprint density at radius 2 is 2.00 bits per heavy atom. The number of hydrogen-bond acceptors (Lipinski definition) is 3. The maximum Gasteiger partial charge on any atom is 0.100 e. The van der Waals surface area contributed by atoms with Gasteiger partial charge in [0.05, 0.1) is 11.4 Å². The summed E-state index contributed by atoms with van der Waals surface area (Å²) in [5.74, 6) is 0.832. The van der Waals surface area contributed by atoms with Gasteiger partial charge in [-0.1, -0.05) is 6.58 Å². The van der Waals surface area contributed by atoms with Crippen LogP contribution in [-0.2, 0) is 0 Å². The second kappa shape index (κ2) is 2.44. The molecule has 1 aromatic rings. The van der Waals surface area contributed by atoms with E-state index in [1.165, 1.54) is 0 Å². The molecule has 0 unspecified atom stereocenters. The number of nitrogens with one attached hydrogen (secondary N) is 3. The molecule has 0 saturated heterocycles. The standard InChI is InChI=1S/C9H11N3/c1-6-11-8-4-3-7(10-2)5-9(8)12-6/h3-5,10-12H,1H2,2H3. The molecule has 62 valence electrons. The Hall–Kier alpha value is -1.64. The van der Waals surface area contributed by atoms with Crippen molar-refractivity contribution in [3.8, 4) is 0 Å². The molecule has 3 nitrogen and oxygen atoms in total. The van der Waals surface area contributed by atoms with Crippen molar-refractivity contribution in [2.45, 2.75) is 0 Å². The molecule has 0 amide bonds. The third-order valence-corrected chi connectivity index (χ3v) is 1.88. The molecular formula is C9H11N3. The first kappa shape index (κ1) is 7.03. The molecule has 0 aliphatic carbocycles. The minimum atomic E-state index is 0.832. The zero-order valence-electron chi connectivity index (χ0n) is 6.94. The molecule has 0 aromatic heterocycles. The summed E-state index contributed by atoms with van der Waals surface area (Å²) in [5, 5.41) is 9.32. The average Bonchev–Trinajstić information content (AvgIpc) is 2.43. The van der Waals surface area contributed by atoms with Gasteiger partial charge in [-0.15, -0.1) is 0 Å². The summed E-state index contributed by atoms with van der Waals surface area (Å²) < 4.78 is 0. The minimum Gasteiger partial charge on any atom is -0.388 e. The van der Waals surface area contributed by atoms with Crippen molar-refractivity contribution in [1.82, 2.24) is 0 Å². The summed E-state index contributed by atoms with van der Waals surface area (Å²) in [5.41, 5.74) is 3.25. The molecule has 0 atom stereocenters. The Morgan fingerprint density at radius 1 is 1.25 bits per heavy atom. The Kier molecular flexibility index (Phi) is 1.43. The topological polar surface area (TPSA) is 36.1 Å². The largest absolute Gasteiger partial charge is 0.388 e. The molecule has 0 bridgehead atoms. The van der Waals surface area contributed by atoms with Crippen molar-refractivity contribution in [2.24, 2.45) is 0 Å². The van der Waals surface area contributed by atoms with E-state index in [4.69, 9.17) is 0 Å². The van der Waals surface area contributed by atoms with Gasteiger partial charge in [0.2, 0.25) is 0 Å². The molecule has 0 saturated carbocycles. The van der Waals surface area contributed by atoms with Crippen molar-refractivity contribution in [1.29, 1.82) is 0 Å². The van der Waals surface area contributed by atoms with E-state index in [2.05, 4.69) is 22.5 Å². The Bertz CT molecular complexity index is 331. The first-order valence-electron chi connectivity index (χ1n) is 3.84. The summed E-state index contributed by atoms with van der Waals surface area (Å²) in [4.78, 5) is 0. The van der Waals surface area contributed by atoms with Gasteiger partial charge in [-0.3, -0.25) is 0 Å². The summed E-state index contributed by atoms with van der Waals surface area (Å²) in [7, 11) is 1.90. The predicted octanol–water partition coefficient (Wildman–Crippen LogP) is 2.04. The van der Waals surface area contributed by atoms with Gasteiger partial charge in [0.15, 0.2) is 0 Å². The van der Waals surface area contributed by atoms with E-state index >= 15 is 0 Å². The smallest absolute Gasteiger partial charge is 0.100 e. The number of fused-ring (bicyclic) bond motifs is 1. The molecule has 1 heterocycles. The Morgan fingerprint density at radius 3 is 2.75 bits per heavy atom. The molecule has 3 N–H and O–H groups in total. The van der Waals surface area contributed by atoms with Gasteiger partial charge in [-0.25, -0.2) is 0 Å². The van der Waals surface area contributed by atoms with Gasteiger partial charge in [-0.2, -0.15) is 0 Å². The fraction of sp³-hybridized carbons (Fsp3) is 0.111. The van der Waals surface area contributed by atoms with Crippen LogP contribution in [0.15, 0.2) is 30.6 Å². The van der Waals surface area contributed by atoms with E-state index in [1.807, 2.05) is 25.2 Å². The van der Waals surface area contributed by atoms with Crippen molar-refractivity contribution >= 4 is 17.1 Å². The van der Waals surface area contributed by atoms with Crippen LogP contribution in [0.5, 0.6) is 0 Å². The van der Waals surface area contributed by atoms with E-state index in [0.717, 1.165) is 22.9 Å². The second-order valence-electron chi connectivity index (χ2n) is 2.74. The molecule has 0 fully saturated rings. The quantitative estimate of drug-likeness (QED) is 0.590. The van der Waals surface area contributed by atoms with Crippen LogP contribution in [0.25, 0.3) is 0 Å². The van der Waals surface area contributed by atoms with Crippen LogP contribution in [0.2, 0.25) is 0 Å². The highest BCUT2D eigenvalue weighted by molar-refractivity contribution is 5.81. The highest BCUT2D eigenvalue weighted by atomic mass is 15.2. The van der Waals surface area contributed by atoms with E-state index < -0.39 is 0 Å². The predicted molar refractivity (Wildman–Crippen MR) is 52.4 cm³/mol. The number of anilines is 3. The Labute approximate surface area is 71.5 Å². The lowest BCUT2D eigenvalue weighted by molar-refractivity contribution is 1.51. The van der Waals surface area contributed by atoms with Crippen LogP contribution in [0.3, 0.4) is 0 Å². The van der Waals surface area contributed by atoms with Crippen LogP contribution in [0.4, 0.5) is 17.1 Å². The monoisotopic (exact) mass is 161 g/mol. The number of benzene rings is 1. The molecule has 3 heteroatoms. The summed E-state index contributed by atoms with van der Waals surface area (Å²) in [6, 6.07) is 6.08. The van der Waals surface area contributed by atoms with Crippen LogP contribution < -0.4 is 16.0 Å². The van der Waals surface area contributed by atoms with Gasteiger partial charge in [-0.05, 0) is 18.2 Å². The fourth-order valence-corrected chi connectivity index (χ4v) is 1.27. The number of rotatable bonds is 1. The third-order valence-electron chi connectivity index (χ3n) is 1.88. The second-order valence-corrected chi connectivity index (χ2v) is 2.74. The molecular weight excluding hydrogens is 150 g/mol. The van der Waals surface area contributed by atoms with E-state index in [1.54, 1.807) is 0 Å². The Balaban J connectivity index is 2.41. The first-order valence-corrected chi connectivity index (χ1v) is 3.84. The lowest BCUT2D eigenvalue weighted by Crippen LogP contribution is -1.94. The lowest BCUT2D eigenvalue weighted by atomic mass is 10.2. The summed E-state index contributed by atoms with van der Waals surface area (Å²) >= 11 is 0. The van der Waals surface area contributed by atoms with Crippen molar-refractivity contribution in [3.05, 3.63) is 30.6 Å². The van der Waals surface area contributed by atoms with Crippen LogP contribution in [0, 0.1) is 0 Å². The molecule has 0 radical (unpaired) electrons. The molecule has 12 heavy (non-hydrogen) atoms. The van der Waals surface area contributed by atoms with Crippen LogP contribution in [-0.4, -0.2) is 7.05 Å². The number of hydrogen-bond donors (Lipinski definition) is 3. The molecule has 2 rings (SSSR count).